The fourth-order valence-electron chi connectivity index (χ4n) is 1.45. The highest BCUT2D eigenvalue weighted by atomic mass is 79.9. The maximum atomic E-state index is 12.2. The monoisotopic (exact) mass is 310 g/mol. The molecule has 0 aliphatic rings. The Kier molecular flexibility index (Phi) is 3.49. The van der Waals surface area contributed by atoms with Gasteiger partial charge in [-0.05, 0) is 45.6 Å². The van der Waals surface area contributed by atoms with E-state index in [0.29, 0.717) is 10.6 Å². The highest BCUT2D eigenvalue weighted by Gasteiger charge is 2.17. The van der Waals surface area contributed by atoms with Gasteiger partial charge in [0, 0.05) is 22.9 Å². The van der Waals surface area contributed by atoms with Gasteiger partial charge in [-0.3, -0.25) is 4.79 Å². The van der Waals surface area contributed by atoms with Crippen LogP contribution in [0.5, 0.6) is 0 Å². The van der Waals surface area contributed by atoms with E-state index in [1.54, 1.807) is 24.1 Å². The van der Waals surface area contributed by atoms with Gasteiger partial charge in [0.25, 0.3) is 5.91 Å². The average Bonchev–Trinajstić information content (AvgIpc) is 2.73. The van der Waals surface area contributed by atoms with E-state index in [1.165, 1.54) is 11.3 Å². The van der Waals surface area contributed by atoms with Gasteiger partial charge in [-0.25, -0.2) is 0 Å². The molecule has 2 rings (SSSR count). The van der Waals surface area contributed by atoms with Crippen LogP contribution in [0.15, 0.2) is 40.2 Å². The number of nitrogens with zero attached hydrogens (tertiary/aromatic N) is 1. The molecule has 17 heavy (non-hydrogen) atoms. The van der Waals surface area contributed by atoms with Gasteiger partial charge in [0.2, 0.25) is 0 Å². The van der Waals surface area contributed by atoms with Crippen molar-refractivity contribution in [2.24, 2.45) is 0 Å². The molecular weight excluding hydrogens is 300 g/mol. The molecule has 0 saturated carbocycles. The van der Waals surface area contributed by atoms with E-state index >= 15 is 0 Å². The molecule has 0 radical (unpaired) electrons. The lowest BCUT2D eigenvalue weighted by Gasteiger charge is -2.17. The number of carbonyl (C=O) groups is 1. The van der Waals surface area contributed by atoms with Crippen LogP contribution >= 0.6 is 27.3 Å². The number of amides is 1. The molecule has 3 nitrogen and oxygen atoms in total. The molecule has 0 saturated heterocycles. The van der Waals surface area contributed by atoms with Crippen molar-refractivity contribution in [1.29, 1.82) is 0 Å². The average molecular weight is 311 g/mol. The molecule has 5 heteroatoms. The summed E-state index contributed by atoms with van der Waals surface area (Å²) in [5.41, 5.74) is 7.13. The minimum Gasteiger partial charge on any atom is -0.399 e. The summed E-state index contributed by atoms with van der Waals surface area (Å²) in [6, 6.07) is 9.13. The van der Waals surface area contributed by atoms with Crippen LogP contribution in [0.1, 0.15) is 9.67 Å². The number of halogens is 1. The van der Waals surface area contributed by atoms with Crippen LogP contribution in [-0.2, 0) is 0 Å². The maximum absolute atomic E-state index is 12.2. The van der Waals surface area contributed by atoms with Gasteiger partial charge in [0.15, 0.2) is 0 Å². The lowest BCUT2D eigenvalue weighted by atomic mass is 10.2. The SMILES string of the molecule is CN(C(=O)c1sccc1Br)c1cccc(N)c1. The fraction of sp³-hybridized carbons (Fsp3) is 0.0833. The van der Waals surface area contributed by atoms with Crippen LogP contribution in [-0.4, -0.2) is 13.0 Å². The Morgan fingerprint density at radius 1 is 1.41 bits per heavy atom. The summed E-state index contributed by atoms with van der Waals surface area (Å²) in [7, 11) is 1.74. The molecule has 2 N–H and O–H groups in total. The van der Waals surface area contributed by atoms with E-state index < -0.39 is 0 Å². The topological polar surface area (TPSA) is 46.3 Å². The Morgan fingerprint density at radius 2 is 2.18 bits per heavy atom. The van der Waals surface area contributed by atoms with Crippen LogP contribution in [0.2, 0.25) is 0 Å². The van der Waals surface area contributed by atoms with E-state index in [-0.39, 0.29) is 5.91 Å². The van der Waals surface area contributed by atoms with E-state index in [4.69, 9.17) is 5.73 Å². The zero-order valence-electron chi connectivity index (χ0n) is 9.18. The number of rotatable bonds is 2. The normalized spacial score (nSPS) is 10.2. The smallest absolute Gasteiger partial charge is 0.269 e. The summed E-state index contributed by atoms with van der Waals surface area (Å²) in [4.78, 5) is 14.5. The zero-order chi connectivity index (χ0) is 12.4. The van der Waals surface area contributed by atoms with Crippen molar-refractivity contribution in [3.05, 3.63) is 45.1 Å². The second-order valence-corrected chi connectivity index (χ2v) is 5.33. The first-order valence-corrected chi connectivity index (χ1v) is 6.63. The molecule has 0 aliphatic carbocycles. The van der Waals surface area contributed by atoms with Gasteiger partial charge in [-0.2, -0.15) is 0 Å². The lowest BCUT2D eigenvalue weighted by Crippen LogP contribution is -2.25. The lowest BCUT2D eigenvalue weighted by molar-refractivity contribution is 0.0996. The fourth-order valence-corrected chi connectivity index (χ4v) is 2.97. The van der Waals surface area contributed by atoms with Gasteiger partial charge < -0.3 is 10.6 Å². The van der Waals surface area contributed by atoms with Crippen molar-refractivity contribution < 1.29 is 4.79 Å². The first kappa shape index (κ1) is 12.1. The second kappa shape index (κ2) is 4.89. The van der Waals surface area contributed by atoms with Gasteiger partial charge in [-0.15, -0.1) is 11.3 Å². The molecule has 2 aromatic rings. The summed E-state index contributed by atoms with van der Waals surface area (Å²) in [5.74, 6) is -0.0440. The van der Waals surface area contributed by atoms with Gasteiger partial charge in [0.1, 0.15) is 4.88 Å². The van der Waals surface area contributed by atoms with Crippen molar-refractivity contribution >= 4 is 44.5 Å². The van der Waals surface area contributed by atoms with Crippen molar-refractivity contribution in [1.82, 2.24) is 0 Å². The summed E-state index contributed by atoms with van der Waals surface area (Å²) >= 11 is 4.78. The molecule has 1 aromatic carbocycles. The number of nitrogen functional groups attached to an aromatic ring is 1. The molecule has 88 valence electrons. The molecule has 0 aliphatic heterocycles. The van der Waals surface area contributed by atoms with E-state index in [0.717, 1.165) is 10.2 Å². The van der Waals surface area contributed by atoms with E-state index in [2.05, 4.69) is 15.9 Å². The second-order valence-electron chi connectivity index (χ2n) is 3.56. The van der Waals surface area contributed by atoms with E-state index in [9.17, 15) is 4.79 Å². The number of anilines is 2. The molecule has 0 bridgehead atoms. The molecule has 1 heterocycles. The molecule has 1 amide bonds. The van der Waals surface area contributed by atoms with Crippen LogP contribution in [0.3, 0.4) is 0 Å². The van der Waals surface area contributed by atoms with Crippen molar-refractivity contribution in [3.8, 4) is 0 Å². The van der Waals surface area contributed by atoms with E-state index in [1.807, 2.05) is 23.6 Å². The number of nitrogens with two attached hydrogens (primary N) is 1. The largest absolute Gasteiger partial charge is 0.399 e. The molecule has 0 atom stereocenters. The van der Waals surface area contributed by atoms with Crippen LogP contribution in [0, 0.1) is 0 Å². The summed E-state index contributed by atoms with van der Waals surface area (Å²) in [6.07, 6.45) is 0. The van der Waals surface area contributed by atoms with Crippen LogP contribution in [0.25, 0.3) is 0 Å². The molecule has 0 unspecified atom stereocenters. The van der Waals surface area contributed by atoms with Crippen molar-refractivity contribution in [2.75, 3.05) is 17.7 Å². The predicted octanol–water partition coefficient (Wildman–Crippen LogP) is 3.37. The maximum Gasteiger partial charge on any atom is 0.269 e. The van der Waals surface area contributed by atoms with Gasteiger partial charge in [0.05, 0.1) is 0 Å². The molecule has 1 aromatic heterocycles. The summed E-state index contributed by atoms with van der Waals surface area (Å²) in [5, 5.41) is 1.88. The summed E-state index contributed by atoms with van der Waals surface area (Å²) in [6.45, 7) is 0. The van der Waals surface area contributed by atoms with Crippen molar-refractivity contribution in [2.45, 2.75) is 0 Å². The predicted molar refractivity (Wildman–Crippen MR) is 75.6 cm³/mol. The minimum atomic E-state index is -0.0440. The first-order valence-electron chi connectivity index (χ1n) is 4.96. The third-order valence-electron chi connectivity index (χ3n) is 2.37. The van der Waals surface area contributed by atoms with Gasteiger partial charge >= 0.3 is 0 Å². The Labute approximate surface area is 112 Å². The molecule has 0 fully saturated rings. The number of hydrogen-bond acceptors (Lipinski definition) is 3. The highest BCUT2D eigenvalue weighted by Crippen LogP contribution is 2.26. The Balaban J connectivity index is 2.30. The summed E-state index contributed by atoms with van der Waals surface area (Å²) < 4.78 is 0.822. The number of carbonyl (C=O) groups excluding carboxylic acids is 1. The highest BCUT2D eigenvalue weighted by molar-refractivity contribution is 9.10. The first-order chi connectivity index (χ1) is 8.09. The minimum absolute atomic E-state index is 0.0440. The Bertz CT molecular complexity index is 553. The van der Waals surface area contributed by atoms with Crippen LogP contribution < -0.4 is 10.6 Å². The molecule has 0 spiro atoms. The number of hydrogen-bond donors (Lipinski definition) is 1. The zero-order valence-corrected chi connectivity index (χ0v) is 11.6. The third kappa shape index (κ3) is 2.50. The van der Waals surface area contributed by atoms with Gasteiger partial charge in [-0.1, -0.05) is 6.07 Å². The van der Waals surface area contributed by atoms with Crippen LogP contribution in [0.4, 0.5) is 11.4 Å². The number of thiophene rings is 1. The standard InChI is InChI=1S/C12H11BrN2OS/c1-15(9-4-2-3-8(14)7-9)12(16)11-10(13)5-6-17-11/h2-7H,14H2,1H3. The molecular formula is C12H11BrN2OS. The quantitative estimate of drug-likeness (QED) is 0.864. The van der Waals surface area contributed by atoms with Crippen molar-refractivity contribution in [3.63, 3.8) is 0 Å². The number of benzene rings is 1. The Morgan fingerprint density at radius 3 is 2.76 bits per heavy atom. The third-order valence-corrected chi connectivity index (χ3v) is 4.20. The Hall–Kier alpha value is -1.33.